The van der Waals surface area contributed by atoms with E-state index in [1.54, 1.807) is 6.92 Å². The Labute approximate surface area is 105 Å². The minimum Gasteiger partial charge on any atom is -0.399 e. The first-order valence-electron chi connectivity index (χ1n) is 5.59. The Morgan fingerprint density at radius 3 is 2.83 bits per heavy atom. The van der Waals surface area contributed by atoms with Gasteiger partial charge in [-0.15, -0.1) is 0 Å². The largest absolute Gasteiger partial charge is 0.399 e. The molecule has 0 spiro atoms. The maximum atomic E-state index is 13.5. The maximum absolute atomic E-state index is 13.5. The van der Waals surface area contributed by atoms with Crippen LogP contribution in [0.4, 0.5) is 10.1 Å². The predicted octanol–water partition coefficient (Wildman–Crippen LogP) is 0.864. The Kier molecular flexibility index (Phi) is 3.56. The zero-order valence-electron chi connectivity index (χ0n) is 9.89. The second-order valence-corrected chi connectivity index (χ2v) is 5.96. The quantitative estimate of drug-likeness (QED) is 0.801. The highest BCUT2D eigenvalue weighted by Gasteiger charge is 2.30. The summed E-state index contributed by atoms with van der Waals surface area (Å²) in [6, 6.07) is 3.13. The van der Waals surface area contributed by atoms with Gasteiger partial charge in [-0.25, -0.2) is 17.5 Å². The van der Waals surface area contributed by atoms with Crippen LogP contribution in [0.25, 0.3) is 0 Å². The van der Waals surface area contributed by atoms with Crippen molar-refractivity contribution in [1.29, 1.82) is 0 Å². The average molecular weight is 274 g/mol. The van der Waals surface area contributed by atoms with E-state index in [0.29, 0.717) is 13.0 Å². The summed E-state index contributed by atoms with van der Waals surface area (Å²) >= 11 is 0. The molecule has 5 nitrogen and oxygen atoms in total. The molecular weight excluding hydrogens is 259 g/mol. The predicted molar refractivity (Wildman–Crippen MR) is 65.0 cm³/mol. The lowest BCUT2D eigenvalue weighted by molar-refractivity contribution is 0.117. The smallest absolute Gasteiger partial charge is 0.243 e. The van der Waals surface area contributed by atoms with Gasteiger partial charge in [0.15, 0.2) is 0 Å². The normalized spacial score (nSPS) is 24.3. The molecule has 2 atom stereocenters. The van der Waals surface area contributed by atoms with E-state index < -0.39 is 20.7 Å². The molecule has 18 heavy (non-hydrogen) atoms. The van der Waals surface area contributed by atoms with Gasteiger partial charge in [-0.1, -0.05) is 0 Å². The van der Waals surface area contributed by atoms with Crippen molar-refractivity contribution in [1.82, 2.24) is 4.72 Å². The molecule has 0 aliphatic carbocycles. The number of nitrogen functional groups attached to an aromatic ring is 1. The molecule has 2 rings (SSSR count). The van der Waals surface area contributed by atoms with E-state index in [1.165, 1.54) is 6.07 Å². The van der Waals surface area contributed by atoms with Crippen LogP contribution in [-0.2, 0) is 14.8 Å². The van der Waals surface area contributed by atoms with E-state index in [2.05, 4.69) is 4.72 Å². The lowest BCUT2D eigenvalue weighted by Gasteiger charge is -2.16. The lowest BCUT2D eigenvalue weighted by Crippen LogP contribution is -2.39. The Morgan fingerprint density at radius 1 is 1.50 bits per heavy atom. The Morgan fingerprint density at radius 2 is 2.22 bits per heavy atom. The minimum atomic E-state index is -3.91. The molecule has 0 aromatic heterocycles. The van der Waals surface area contributed by atoms with Crippen molar-refractivity contribution in [3.8, 4) is 0 Å². The zero-order valence-corrected chi connectivity index (χ0v) is 10.7. The summed E-state index contributed by atoms with van der Waals surface area (Å²) in [5.74, 6) is -0.816. The highest BCUT2D eigenvalue weighted by molar-refractivity contribution is 7.89. The van der Waals surface area contributed by atoms with Crippen LogP contribution in [0.5, 0.6) is 0 Å². The molecular formula is C11H15FN2O3S. The first kappa shape index (κ1) is 13.3. The molecule has 1 aliphatic heterocycles. The summed E-state index contributed by atoms with van der Waals surface area (Å²) in [7, 11) is -3.91. The number of halogens is 1. The Hall–Kier alpha value is -1.18. The lowest BCUT2D eigenvalue weighted by atomic mass is 10.2. The molecule has 3 N–H and O–H groups in total. The van der Waals surface area contributed by atoms with Crippen molar-refractivity contribution in [2.75, 3.05) is 12.3 Å². The van der Waals surface area contributed by atoms with Crippen LogP contribution in [0, 0.1) is 5.82 Å². The van der Waals surface area contributed by atoms with E-state index in [4.69, 9.17) is 10.5 Å². The standard InChI is InChI=1S/C11H15FN2O3S/c1-7-10(4-5-17-7)14-18(15,16)11-6-8(13)2-3-9(11)12/h2-3,6-7,10,14H,4-5,13H2,1H3. The van der Waals surface area contributed by atoms with Crippen LogP contribution in [0.1, 0.15) is 13.3 Å². The molecule has 1 fully saturated rings. The second-order valence-electron chi connectivity index (χ2n) is 4.28. The third-order valence-corrected chi connectivity index (χ3v) is 4.43. The monoisotopic (exact) mass is 274 g/mol. The maximum Gasteiger partial charge on any atom is 0.243 e. The van der Waals surface area contributed by atoms with E-state index in [0.717, 1.165) is 12.1 Å². The summed E-state index contributed by atoms with van der Waals surface area (Å²) in [6.07, 6.45) is 0.355. The van der Waals surface area contributed by atoms with Crippen LogP contribution >= 0.6 is 0 Å². The fourth-order valence-corrected chi connectivity index (χ4v) is 3.33. The van der Waals surface area contributed by atoms with Gasteiger partial charge in [0.25, 0.3) is 0 Å². The summed E-state index contributed by atoms with van der Waals surface area (Å²) < 4.78 is 45.3. The molecule has 0 saturated carbocycles. The van der Waals surface area contributed by atoms with Crippen molar-refractivity contribution < 1.29 is 17.5 Å². The van der Waals surface area contributed by atoms with Crippen LogP contribution in [-0.4, -0.2) is 27.2 Å². The van der Waals surface area contributed by atoms with Gasteiger partial charge < -0.3 is 10.5 Å². The van der Waals surface area contributed by atoms with Crippen molar-refractivity contribution in [2.45, 2.75) is 30.4 Å². The molecule has 2 unspecified atom stereocenters. The van der Waals surface area contributed by atoms with Gasteiger partial charge in [0, 0.05) is 12.3 Å². The average Bonchev–Trinajstić information content (AvgIpc) is 2.67. The van der Waals surface area contributed by atoms with E-state index in [9.17, 15) is 12.8 Å². The Balaban J connectivity index is 2.28. The van der Waals surface area contributed by atoms with Crippen molar-refractivity contribution in [3.63, 3.8) is 0 Å². The van der Waals surface area contributed by atoms with Gasteiger partial charge in [-0.05, 0) is 31.5 Å². The van der Waals surface area contributed by atoms with E-state index in [-0.39, 0.29) is 17.8 Å². The third kappa shape index (κ3) is 2.63. The van der Waals surface area contributed by atoms with Gasteiger partial charge in [-0.3, -0.25) is 0 Å². The molecule has 100 valence electrons. The summed E-state index contributed by atoms with van der Waals surface area (Å²) in [4.78, 5) is -0.429. The van der Waals surface area contributed by atoms with Gasteiger partial charge in [0.05, 0.1) is 12.1 Å². The fourth-order valence-electron chi connectivity index (χ4n) is 1.88. The van der Waals surface area contributed by atoms with Crippen molar-refractivity contribution in [3.05, 3.63) is 24.0 Å². The number of anilines is 1. The number of sulfonamides is 1. The highest BCUT2D eigenvalue weighted by Crippen LogP contribution is 2.20. The first-order chi connectivity index (χ1) is 8.40. The van der Waals surface area contributed by atoms with Crippen LogP contribution in [0.2, 0.25) is 0 Å². The molecule has 0 amide bonds. The van der Waals surface area contributed by atoms with Gasteiger partial charge in [0.1, 0.15) is 10.7 Å². The number of nitrogens with one attached hydrogen (secondary N) is 1. The zero-order chi connectivity index (χ0) is 13.3. The fraction of sp³-hybridized carbons (Fsp3) is 0.455. The van der Waals surface area contributed by atoms with Crippen LogP contribution in [0.3, 0.4) is 0 Å². The highest BCUT2D eigenvalue weighted by atomic mass is 32.2. The molecule has 0 bridgehead atoms. The SMILES string of the molecule is CC1OCCC1NS(=O)(=O)c1cc(N)ccc1F. The molecule has 1 aromatic rings. The number of hydrogen-bond donors (Lipinski definition) is 2. The van der Waals surface area contributed by atoms with E-state index in [1.807, 2.05) is 0 Å². The van der Waals surface area contributed by atoms with Gasteiger partial charge in [-0.2, -0.15) is 0 Å². The van der Waals surface area contributed by atoms with E-state index >= 15 is 0 Å². The third-order valence-electron chi connectivity index (χ3n) is 2.93. The topological polar surface area (TPSA) is 81.4 Å². The second kappa shape index (κ2) is 4.83. The molecule has 1 saturated heterocycles. The van der Waals surface area contributed by atoms with Crippen molar-refractivity contribution in [2.24, 2.45) is 0 Å². The summed E-state index contributed by atoms with van der Waals surface area (Å²) in [5, 5.41) is 0. The summed E-state index contributed by atoms with van der Waals surface area (Å²) in [6.45, 7) is 2.27. The molecule has 1 aliphatic rings. The number of nitrogens with two attached hydrogens (primary N) is 1. The number of hydrogen-bond acceptors (Lipinski definition) is 4. The van der Waals surface area contributed by atoms with Crippen molar-refractivity contribution >= 4 is 15.7 Å². The number of rotatable bonds is 3. The number of benzene rings is 1. The molecule has 1 aromatic carbocycles. The van der Waals surface area contributed by atoms with Crippen LogP contribution < -0.4 is 10.5 Å². The molecule has 7 heteroatoms. The van der Waals surface area contributed by atoms with Gasteiger partial charge >= 0.3 is 0 Å². The molecule has 1 heterocycles. The van der Waals surface area contributed by atoms with Crippen LogP contribution in [0.15, 0.2) is 23.1 Å². The Bertz CT molecular complexity index is 547. The number of ether oxygens (including phenoxy) is 1. The molecule has 0 radical (unpaired) electrons. The van der Waals surface area contributed by atoms with Gasteiger partial charge in [0.2, 0.25) is 10.0 Å². The summed E-state index contributed by atoms with van der Waals surface area (Å²) in [5.41, 5.74) is 5.68. The minimum absolute atomic E-state index is 0.201. The first-order valence-corrected chi connectivity index (χ1v) is 7.07.